The lowest BCUT2D eigenvalue weighted by atomic mass is 10.1. The normalized spacial score (nSPS) is 10.3. The van der Waals surface area contributed by atoms with Crippen molar-refractivity contribution in [3.63, 3.8) is 0 Å². The van der Waals surface area contributed by atoms with Gasteiger partial charge in [-0.25, -0.2) is 8.78 Å². The molecule has 0 bridgehead atoms. The van der Waals surface area contributed by atoms with Crippen LogP contribution in [0.3, 0.4) is 0 Å². The van der Waals surface area contributed by atoms with Crippen LogP contribution in [0.15, 0.2) is 47.6 Å². The number of Topliss-reactive ketones (excluding diaryl/α,β-unsaturated/α-hetero) is 1. The molecule has 1 aromatic heterocycles. The van der Waals surface area contributed by atoms with E-state index in [1.807, 2.05) is 0 Å². The number of rotatable bonds is 4. The van der Waals surface area contributed by atoms with Gasteiger partial charge in [-0.1, -0.05) is 0 Å². The lowest BCUT2D eigenvalue weighted by molar-refractivity contribution is 0.102. The van der Waals surface area contributed by atoms with E-state index in [1.165, 1.54) is 17.8 Å². The van der Waals surface area contributed by atoms with Gasteiger partial charge in [-0.15, -0.1) is 11.8 Å². The van der Waals surface area contributed by atoms with Crippen molar-refractivity contribution in [1.29, 1.82) is 0 Å². The largest absolute Gasteiger partial charge is 0.293 e. The number of ketones is 1. The molecule has 92 valence electrons. The summed E-state index contributed by atoms with van der Waals surface area (Å²) in [6.45, 7) is 0. The van der Waals surface area contributed by atoms with E-state index in [0.717, 1.165) is 17.0 Å². The van der Waals surface area contributed by atoms with E-state index in [4.69, 9.17) is 0 Å². The second kappa shape index (κ2) is 5.73. The van der Waals surface area contributed by atoms with Crippen LogP contribution in [-0.4, -0.2) is 16.5 Å². The van der Waals surface area contributed by atoms with E-state index < -0.39 is 11.6 Å². The molecule has 0 spiro atoms. The zero-order valence-electron chi connectivity index (χ0n) is 9.27. The van der Waals surface area contributed by atoms with Crippen LogP contribution < -0.4 is 0 Å². The Bertz CT molecular complexity index is 560. The highest BCUT2D eigenvalue weighted by molar-refractivity contribution is 8.00. The number of aromatic nitrogens is 1. The van der Waals surface area contributed by atoms with Crippen LogP contribution in [0.5, 0.6) is 0 Å². The molecule has 0 aliphatic heterocycles. The first kappa shape index (κ1) is 12.7. The molecule has 5 heteroatoms. The molecule has 0 aliphatic carbocycles. The lowest BCUT2D eigenvalue weighted by Crippen LogP contribution is -2.03. The van der Waals surface area contributed by atoms with E-state index in [0.29, 0.717) is 0 Å². The monoisotopic (exact) mass is 265 g/mol. The zero-order chi connectivity index (χ0) is 13.0. The van der Waals surface area contributed by atoms with Gasteiger partial charge in [-0.3, -0.25) is 9.78 Å². The Morgan fingerprint density at radius 1 is 1.11 bits per heavy atom. The van der Waals surface area contributed by atoms with E-state index in [-0.39, 0.29) is 17.1 Å². The van der Waals surface area contributed by atoms with Gasteiger partial charge in [0.1, 0.15) is 0 Å². The minimum absolute atomic E-state index is 0.176. The number of thioether (sulfide) groups is 1. The van der Waals surface area contributed by atoms with Crippen molar-refractivity contribution < 1.29 is 13.6 Å². The van der Waals surface area contributed by atoms with Gasteiger partial charge in [-0.2, -0.15) is 0 Å². The maximum atomic E-state index is 13.0. The molecule has 2 rings (SSSR count). The Morgan fingerprint density at radius 3 is 2.50 bits per heavy atom. The predicted octanol–water partition coefficient (Wildman–Crippen LogP) is 3.33. The van der Waals surface area contributed by atoms with Gasteiger partial charge in [0.25, 0.3) is 0 Å². The third kappa shape index (κ3) is 3.13. The fraction of sp³-hybridized carbons (Fsp3) is 0.0769. The first-order valence-electron chi connectivity index (χ1n) is 5.18. The highest BCUT2D eigenvalue weighted by Crippen LogP contribution is 2.18. The summed E-state index contributed by atoms with van der Waals surface area (Å²) in [4.78, 5) is 16.5. The fourth-order valence-electron chi connectivity index (χ4n) is 1.34. The number of benzene rings is 1. The molecule has 0 saturated carbocycles. The van der Waals surface area contributed by atoms with Crippen LogP contribution in [0.1, 0.15) is 10.4 Å². The maximum absolute atomic E-state index is 13.0. The minimum atomic E-state index is -1.00. The summed E-state index contributed by atoms with van der Waals surface area (Å²) < 4.78 is 25.7. The summed E-state index contributed by atoms with van der Waals surface area (Å²) in [7, 11) is 0. The van der Waals surface area contributed by atoms with Crippen LogP contribution in [-0.2, 0) is 0 Å². The number of hydrogen-bond acceptors (Lipinski definition) is 3. The second-order valence-corrected chi connectivity index (χ2v) is 4.57. The standard InChI is InChI=1S/C13H9F2NOS/c14-11-2-1-9(7-12(11)15)13(17)8-18-10-3-5-16-6-4-10/h1-7H,8H2. The van der Waals surface area contributed by atoms with Gasteiger partial charge in [0.2, 0.25) is 0 Å². The smallest absolute Gasteiger partial charge is 0.173 e. The van der Waals surface area contributed by atoms with Crippen molar-refractivity contribution >= 4 is 17.5 Å². The van der Waals surface area contributed by atoms with Crippen LogP contribution >= 0.6 is 11.8 Å². The van der Waals surface area contributed by atoms with Crippen LogP contribution in [0.25, 0.3) is 0 Å². The van der Waals surface area contributed by atoms with E-state index in [1.54, 1.807) is 24.5 Å². The predicted molar refractivity (Wildman–Crippen MR) is 65.6 cm³/mol. The molecule has 0 N–H and O–H groups in total. The first-order valence-corrected chi connectivity index (χ1v) is 6.16. The number of carbonyl (C=O) groups is 1. The average Bonchev–Trinajstić information content (AvgIpc) is 2.40. The Kier molecular flexibility index (Phi) is 4.04. The van der Waals surface area contributed by atoms with Gasteiger partial charge in [0.15, 0.2) is 17.4 Å². The molecule has 1 aromatic carbocycles. The molecule has 0 saturated heterocycles. The molecule has 0 unspecified atom stereocenters. The Hall–Kier alpha value is -1.75. The molecule has 0 amide bonds. The third-order valence-electron chi connectivity index (χ3n) is 2.26. The van der Waals surface area contributed by atoms with E-state index in [9.17, 15) is 13.6 Å². The number of halogens is 2. The van der Waals surface area contributed by atoms with Gasteiger partial charge in [0.05, 0.1) is 5.75 Å². The molecule has 1 heterocycles. The molecular formula is C13H9F2NOS. The Balaban J connectivity index is 2.02. The highest BCUT2D eigenvalue weighted by Gasteiger charge is 2.10. The summed E-state index contributed by atoms with van der Waals surface area (Å²) in [6.07, 6.45) is 3.26. The Morgan fingerprint density at radius 2 is 1.83 bits per heavy atom. The average molecular weight is 265 g/mol. The van der Waals surface area contributed by atoms with Crippen LogP contribution in [0.4, 0.5) is 8.78 Å². The van der Waals surface area contributed by atoms with Gasteiger partial charge in [0, 0.05) is 22.9 Å². The van der Waals surface area contributed by atoms with Gasteiger partial charge in [-0.05, 0) is 30.3 Å². The van der Waals surface area contributed by atoms with Crippen molar-refractivity contribution in [1.82, 2.24) is 4.98 Å². The van der Waals surface area contributed by atoms with Crippen molar-refractivity contribution in [3.05, 3.63) is 59.9 Å². The molecule has 0 radical (unpaired) electrons. The summed E-state index contributed by atoms with van der Waals surface area (Å²) in [5.74, 6) is -2.02. The van der Waals surface area contributed by atoms with Gasteiger partial charge < -0.3 is 0 Å². The summed E-state index contributed by atoms with van der Waals surface area (Å²) in [5, 5.41) is 0. The maximum Gasteiger partial charge on any atom is 0.173 e. The molecular weight excluding hydrogens is 256 g/mol. The quantitative estimate of drug-likeness (QED) is 0.627. The van der Waals surface area contributed by atoms with Gasteiger partial charge >= 0.3 is 0 Å². The first-order chi connectivity index (χ1) is 8.66. The number of pyridine rings is 1. The molecule has 18 heavy (non-hydrogen) atoms. The third-order valence-corrected chi connectivity index (χ3v) is 3.27. The number of hydrogen-bond donors (Lipinski definition) is 0. The molecule has 2 aromatic rings. The zero-order valence-corrected chi connectivity index (χ0v) is 10.1. The van der Waals surface area contributed by atoms with E-state index >= 15 is 0 Å². The lowest BCUT2D eigenvalue weighted by Gasteiger charge is -2.02. The minimum Gasteiger partial charge on any atom is -0.293 e. The van der Waals surface area contributed by atoms with Crippen LogP contribution in [0.2, 0.25) is 0 Å². The topological polar surface area (TPSA) is 30.0 Å². The summed E-state index contributed by atoms with van der Waals surface area (Å²) in [5.41, 5.74) is 0.176. The number of nitrogens with zero attached hydrogens (tertiary/aromatic N) is 1. The van der Waals surface area contributed by atoms with Crippen molar-refractivity contribution in [2.75, 3.05) is 5.75 Å². The molecule has 2 nitrogen and oxygen atoms in total. The van der Waals surface area contributed by atoms with Crippen molar-refractivity contribution in [3.8, 4) is 0 Å². The van der Waals surface area contributed by atoms with Crippen molar-refractivity contribution in [2.24, 2.45) is 0 Å². The fourth-order valence-corrected chi connectivity index (χ4v) is 2.11. The van der Waals surface area contributed by atoms with Crippen LogP contribution in [0, 0.1) is 11.6 Å². The molecule has 0 aliphatic rings. The highest BCUT2D eigenvalue weighted by atomic mass is 32.2. The SMILES string of the molecule is O=C(CSc1ccncc1)c1ccc(F)c(F)c1. The van der Waals surface area contributed by atoms with E-state index in [2.05, 4.69) is 4.98 Å². The second-order valence-electron chi connectivity index (χ2n) is 3.52. The molecule has 0 atom stereocenters. The Labute approximate surface area is 107 Å². The van der Waals surface area contributed by atoms with Crippen molar-refractivity contribution in [2.45, 2.75) is 4.90 Å². The summed E-state index contributed by atoms with van der Waals surface area (Å²) in [6, 6.07) is 6.73. The number of carbonyl (C=O) groups excluding carboxylic acids is 1. The molecule has 0 fully saturated rings. The summed E-state index contributed by atoms with van der Waals surface area (Å²) >= 11 is 1.33.